The smallest absolute Gasteiger partial charge is 0.274 e. The Kier molecular flexibility index (Phi) is 4.70. The molecule has 0 fully saturated rings. The second kappa shape index (κ2) is 7.09. The van der Waals surface area contributed by atoms with E-state index in [1.807, 2.05) is 25.1 Å². The van der Waals surface area contributed by atoms with E-state index in [9.17, 15) is 13.6 Å². The summed E-state index contributed by atoms with van der Waals surface area (Å²) in [4.78, 5) is 16.4. The molecule has 0 aliphatic heterocycles. The Bertz CT molecular complexity index is 908. The van der Waals surface area contributed by atoms with Crippen LogP contribution in [-0.4, -0.2) is 10.9 Å². The van der Waals surface area contributed by atoms with Gasteiger partial charge >= 0.3 is 0 Å². The fourth-order valence-electron chi connectivity index (χ4n) is 2.29. The Labute approximate surface area is 143 Å². The van der Waals surface area contributed by atoms with Crippen molar-refractivity contribution in [2.75, 3.05) is 10.6 Å². The van der Waals surface area contributed by atoms with Crippen LogP contribution in [0.25, 0.3) is 0 Å². The molecule has 1 amide bonds. The van der Waals surface area contributed by atoms with E-state index in [-0.39, 0.29) is 11.4 Å². The zero-order valence-electron chi connectivity index (χ0n) is 13.4. The molecule has 126 valence electrons. The van der Waals surface area contributed by atoms with E-state index in [1.54, 1.807) is 6.07 Å². The maximum Gasteiger partial charge on any atom is 0.274 e. The fourth-order valence-corrected chi connectivity index (χ4v) is 2.29. The van der Waals surface area contributed by atoms with Crippen molar-refractivity contribution in [2.45, 2.75) is 6.92 Å². The van der Waals surface area contributed by atoms with Crippen molar-refractivity contribution >= 4 is 23.0 Å². The van der Waals surface area contributed by atoms with Gasteiger partial charge in [0.15, 0.2) is 0 Å². The zero-order valence-corrected chi connectivity index (χ0v) is 13.4. The van der Waals surface area contributed by atoms with Crippen LogP contribution in [0.4, 0.5) is 25.8 Å². The summed E-state index contributed by atoms with van der Waals surface area (Å²) in [5.74, 6) is -1.85. The third-order valence-corrected chi connectivity index (χ3v) is 3.62. The first-order valence-electron chi connectivity index (χ1n) is 7.58. The van der Waals surface area contributed by atoms with Gasteiger partial charge in [0, 0.05) is 17.6 Å². The molecule has 0 atom stereocenters. The molecule has 0 saturated heterocycles. The molecule has 0 spiro atoms. The Balaban J connectivity index is 1.82. The lowest BCUT2D eigenvalue weighted by atomic mass is 10.2. The van der Waals surface area contributed by atoms with Gasteiger partial charge in [0.05, 0.1) is 0 Å². The van der Waals surface area contributed by atoms with Crippen LogP contribution in [-0.2, 0) is 0 Å². The van der Waals surface area contributed by atoms with Gasteiger partial charge in [-0.15, -0.1) is 0 Å². The van der Waals surface area contributed by atoms with Crippen molar-refractivity contribution in [2.24, 2.45) is 0 Å². The van der Waals surface area contributed by atoms with E-state index < -0.39 is 17.5 Å². The number of hydrogen-bond acceptors (Lipinski definition) is 3. The SMILES string of the molecule is Cc1ccccc1NC(=O)c1cc(Nc2c(F)cccc2F)ccn1. The van der Waals surface area contributed by atoms with Crippen molar-refractivity contribution in [3.8, 4) is 0 Å². The molecule has 1 aromatic heterocycles. The summed E-state index contributed by atoms with van der Waals surface area (Å²) < 4.78 is 27.5. The van der Waals surface area contributed by atoms with Crippen LogP contribution in [0.15, 0.2) is 60.8 Å². The van der Waals surface area contributed by atoms with Crippen molar-refractivity contribution in [1.82, 2.24) is 4.98 Å². The topological polar surface area (TPSA) is 54.0 Å². The first-order valence-corrected chi connectivity index (χ1v) is 7.58. The van der Waals surface area contributed by atoms with E-state index >= 15 is 0 Å². The molecule has 3 aromatic rings. The molecule has 0 bridgehead atoms. The van der Waals surface area contributed by atoms with Gasteiger partial charge in [-0.1, -0.05) is 24.3 Å². The van der Waals surface area contributed by atoms with Gasteiger partial charge in [-0.3, -0.25) is 9.78 Å². The van der Waals surface area contributed by atoms with Crippen molar-refractivity contribution in [3.05, 3.63) is 83.7 Å². The molecule has 6 heteroatoms. The van der Waals surface area contributed by atoms with Crippen LogP contribution >= 0.6 is 0 Å². The van der Waals surface area contributed by atoms with Gasteiger partial charge in [0.1, 0.15) is 23.0 Å². The molecule has 4 nitrogen and oxygen atoms in total. The number of anilines is 3. The number of carbonyl (C=O) groups excluding carboxylic acids is 1. The van der Waals surface area contributed by atoms with Gasteiger partial charge in [-0.05, 0) is 42.8 Å². The third-order valence-electron chi connectivity index (χ3n) is 3.62. The average molecular weight is 339 g/mol. The molecule has 3 rings (SSSR count). The van der Waals surface area contributed by atoms with Gasteiger partial charge in [0.25, 0.3) is 5.91 Å². The van der Waals surface area contributed by atoms with E-state index in [1.165, 1.54) is 24.4 Å². The summed E-state index contributed by atoms with van der Waals surface area (Å²) in [5.41, 5.74) is 1.80. The van der Waals surface area contributed by atoms with E-state index in [0.29, 0.717) is 11.4 Å². The lowest BCUT2D eigenvalue weighted by Gasteiger charge is -2.11. The molecule has 0 saturated carbocycles. The van der Waals surface area contributed by atoms with Crippen LogP contribution in [0.1, 0.15) is 16.1 Å². The molecule has 2 aromatic carbocycles. The zero-order chi connectivity index (χ0) is 17.8. The maximum atomic E-state index is 13.7. The highest BCUT2D eigenvalue weighted by atomic mass is 19.1. The molecule has 1 heterocycles. The van der Waals surface area contributed by atoms with Gasteiger partial charge < -0.3 is 10.6 Å². The van der Waals surface area contributed by atoms with Crippen molar-refractivity contribution in [3.63, 3.8) is 0 Å². The molecular weight excluding hydrogens is 324 g/mol. The van der Waals surface area contributed by atoms with E-state index in [2.05, 4.69) is 15.6 Å². The lowest BCUT2D eigenvalue weighted by Crippen LogP contribution is -2.14. The highest BCUT2D eigenvalue weighted by Crippen LogP contribution is 2.23. The maximum absolute atomic E-state index is 13.7. The summed E-state index contributed by atoms with van der Waals surface area (Å²) in [5, 5.41) is 5.40. The second-order valence-electron chi connectivity index (χ2n) is 5.42. The molecule has 0 unspecified atom stereocenters. The minimum Gasteiger partial charge on any atom is -0.351 e. The standard InChI is InChI=1S/C19H15F2N3O/c1-12-5-2-3-8-16(12)24-19(25)17-11-13(9-10-22-17)23-18-14(20)6-4-7-15(18)21/h2-11H,1H3,(H,22,23)(H,24,25). The number of amides is 1. The highest BCUT2D eigenvalue weighted by Gasteiger charge is 2.12. The van der Waals surface area contributed by atoms with Crippen molar-refractivity contribution < 1.29 is 13.6 Å². The third kappa shape index (κ3) is 3.80. The van der Waals surface area contributed by atoms with Crippen LogP contribution in [0, 0.1) is 18.6 Å². The normalized spacial score (nSPS) is 10.4. The predicted molar refractivity (Wildman–Crippen MR) is 93.0 cm³/mol. The largest absolute Gasteiger partial charge is 0.351 e. The number of carbonyl (C=O) groups is 1. The summed E-state index contributed by atoms with van der Waals surface area (Å²) in [6.45, 7) is 1.88. The summed E-state index contributed by atoms with van der Waals surface area (Å²) in [7, 11) is 0. The average Bonchev–Trinajstić information content (AvgIpc) is 2.60. The number of nitrogens with zero attached hydrogens (tertiary/aromatic N) is 1. The minimum atomic E-state index is -0.720. The van der Waals surface area contributed by atoms with Gasteiger partial charge in [-0.25, -0.2) is 8.78 Å². The van der Waals surface area contributed by atoms with Crippen molar-refractivity contribution in [1.29, 1.82) is 0 Å². The number of aryl methyl sites for hydroxylation is 1. The van der Waals surface area contributed by atoms with Gasteiger partial charge in [-0.2, -0.15) is 0 Å². The molecular formula is C19H15F2N3O. The quantitative estimate of drug-likeness (QED) is 0.727. The van der Waals surface area contributed by atoms with Crippen LogP contribution in [0.5, 0.6) is 0 Å². The molecule has 25 heavy (non-hydrogen) atoms. The Morgan fingerprint density at radius 1 is 1.00 bits per heavy atom. The first-order chi connectivity index (χ1) is 12.0. The van der Waals surface area contributed by atoms with Crippen LogP contribution in [0.3, 0.4) is 0 Å². The highest BCUT2D eigenvalue weighted by molar-refractivity contribution is 6.03. The van der Waals surface area contributed by atoms with E-state index in [0.717, 1.165) is 17.7 Å². The summed E-state index contributed by atoms with van der Waals surface area (Å²) >= 11 is 0. The predicted octanol–water partition coefficient (Wildman–Crippen LogP) is 4.66. The van der Waals surface area contributed by atoms with E-state index in [4.69, 9.17) is 0 Å². The number of benzene rings is 2. The number of hydrogen-bond donors (Lipinski definition) is 2. The number of para-hydroxylation sites is 2. The summed E-state index contributed by atoms with van der Waals surface area (Å²) in [6.07, 6.45) is 1.40. The van der Waals surface area contributed by atoms with Gasteiger partial charge in [0.2, 0.25) is 0 Å². The fraction of sp³-hybridized carbons (Fsp3) is 0.0526. The summed E-state index contributed by atoms with van der Waals surface area (Å²) in [6, 6.07) is 13.9. The lowest BCUT2D eigenvalue weighted by molar-refractivity contribution is 0.102. The number of nitrogens with one attached hydrogen (secondary N) is 2. The molecule has 0 aliphatic carbocycles. The molecule has 0 aliphatic rings. The first kappa shape index (κ1) is 16.6. The number of rotatable bonds is 4. The van der Waals surface area contributed by atoms with Crippen LogP contribution < -0.4 is 10.6 Å². The Hall–Kier alpha value is -3.28. The number of aromatic nitrogens is 1. The second-order valence-corrected chi connectivity index (χ2v) is 5.42. The number of halogens is 2. The molecule has 0 radical (unpaired) electrons. The number of pyridine rings is 1. The Morgan fingerprint density at radius 3 is 2.44 bits per heavy atom. The monoisotopic (exact) mass is 339 g/mol. The van der Waals surface area contributed by atoms with Crippen LogP contribution in [0.2, 0.25) is 0 Å². The Morgan fingerprint density at radius 2 is 1.72 bits per heavy atom. The minimum absolute atomic E-state index is 0.130. The molecule has 2 N–H and O–H groups in total.